The third-order valence-corrected chi connectivity index (χ3v) is 9.26. The molecule has 0 aliphatic heterocycles. The quantitative estimate of drug-likeness (QED) is 0.0269. The number of carbonyl (C=O) groups is 3. The van der Waals surface area contributed by atoms with Crippen molar-refractivity contribution in [1.29, 1.82) is 0 Å². The van der Waals surface area contributed by atoms with E-state index in [1.165, 1.54) is 70.6 Å². The number of esters is 3. The van der Waals surface area contributed by atoms with Gasteiger partial charge in [-0.25, -0.2) is 0 Å². The van der Waals surface area contributed by atoms with Gasteiger partial charge in [0.05, 0.1) is 0 Å². The second kappa shape index (κ2) is 42.8. The molecule has 0 saturated heterocycles. The lowest BCUT2D eigenvalue weighted by Gasteiger charge is -2.18. The highest BCUT2D eigenvalue weighted by molar-refractivity contribution is 5.71. The van der Waals surface area contributed by atoms with E-state index in [2.05, 4.69) is 81.5 Å². The molecule has 0 fully saturated rings. The van der Waals surface area contributed by atoms with Crippen LogP contribution in [0.3, 0.4) is 0 Å². The number of rotatable bonds is 39. The Balaban J connectivity index is 4.45. The Hall–Kier alpha value is -2.89. The van der Waals surface area contributed by atoms with Crippen molar-refractivity contribution in [3.8, 4) is 0 Å². The van der Waals surface area contributed by atoms with Gasteiger partial charge in [0, 0.05) is 19.3 Å². The molecule has 0 N–H and O–H groups in total. The summed E-state index contributed by atoms with van der Waals surface area (Å²) in [6, 6.07) is 0. The molecule has 54 heavy (non-hydrogen) atoms. The molecule has 1 atom stereocenters. The zero-order valence-corrected chi connectivity index (χ0v) is 35.2. The first-order chi connectivity index (χ1) is 26.5. The number of hydrogen-bond donors (Lipinski definition) is 0. The van der Waals surface area contributed by atoms with Gasteiger partial charge in [0.15, 0.2) is 6.10 Å². The van der Waals surface area contributed by atoms with E-state index in [-0.39, 0.29) is 31.1 Å². The molecule has 0 aromatic carbocycles. The van der Waals surface area contributed by atoms with E-state index in [1.54, 1.807) is 0 Å². The first-order valence-corrected chi connectivity index (χ1v) is 22.3. The molecule has 0 bridgehead atoms. The molecule has 0 rings (SSSR count). The number of allylic oxidation sites excluding steroid dienone is 10. The lowest BCUT2D eigenvalue weighted by molar-refractivity contribution is -0.167. The number of carbonyl (C=O) groups excluding carboxylic acids is 3. The minimum Gasteiger partial charge on any atom is -0.462 e. The lowest BCUT2D eigenvalue weighted by atomic mass is 10.1. The highest BCUT2D eigenvalue weighted by Gasteiger charge is 2.19. The number of ether oxygens (including phenoxy) is 3. The predicted octanol–water partition coefficient (Wildman–Crippen LogP) is 14.1. The summed E-state index contributed by atoms with van der Waals surface area (Å²) in [7, 11) is 0. The monoisotopic (exact) mass is 755 g/mol. The second-order valence-corrected chi connectivity index (χ2v) is 14.6. The Bertz CT molecular complexity index is 1010. The molecule has 0 aliphatic carbocycles. The minimum atomic E-state index is -0.790. The molecule has 1 unspecified atom stereocenters. The van der Waals surface area contributed by atoms with Gasteiger partial charge in [0.2, 0.25) is 0 Å². The van der Waals surface area contributed by atoms with E-state index in [1.807, 2.05) is 0 Å². The lowest BCUT2D eigenvalue weighted by Crippen LogP contribution is -2.30. The second-order valence-electron chi connectivity index (χ2n) is 14.6. The third-order valence-electron chi connectivity index (χ3n) is 9.26. The van der Waals surface area contributed by atoms with Crippen molar-refractivity contribution >= 4 is 17.9 Å². The maximum absolute atomic E-state index is 12.7. The van der Waals surface area contributed by atoms with Crippen LogP contribution in [0.15, 0.2) is 60.8 Å². The van der Waals surface area contributed by atoms with Gasteiger partial charge in [-0.15, -0.1) is 0 Å². The van der Waals surface area contributed by atoms with Crippen molar-refractivity contribution in [3.63, 3.8) is 0 Å². The van der Waals surface area contributed by atoms with Crippen LogP contribution < -0.4 is 0 Å². The van der Waals surface area contributed by atoms with E-state index in [0.29, 0.717) is 19.3 Å². The van der Waals surface area contributed by atoms with Gasteiger partial charge in [0.1, 0.15) is 13.2 Å². The highest BCUT2D eigenvalue weighted by Crippen LogP contribution is 2.13. The average Bonchev–Trinajstić information content (AvgIpc) is 3.17. The fourth-order valence-corrected chi connectivity index (χ4v) is 5.90. The molecular weight excluding hydrogens is 673 g/mol. The fraction of sp³-hybridized carbons (Fsp3) is 0.729. The van der Waals surface area contributed by atoms with Crippen molar-refractivity contribution in [2.24, 2.45) is 0 Å². The molecule has 0 aromatic rings. The maximum Gasteiger partial charge on any atom is 0.306 e. The standard InChI is InChI=1S/C48H82O6/c1-4-7-10-13-16-19-21-23-24-25-27-29-32-35-38-41-47(50)53-44-45(43-52-46(49)40-37-34-31-28-18-15-12-9-6-3)54-48(51)42-39-36-33-30-26-22-20-17-14-11-8-5-2/h7,10,16-17,19-20,23-24,27,29,45H,4-6,8-9,11-15,18,21-22,25-26,28,30-44H2,1-3H3/b10-7-,19-16-,20-17-,24-23-,29-27-. The van der Waals surface area contributed by atoms with Crippen molar-refractivity contribution in [2.75, 3.05) is 13.2 Å². The smallest absolute Gasteiger partial charge is 0.306 e. The van der Waals surface area contributed by atoms with Crippen LogP contribution in [0.5, 0.6) is 0 Å². The number of hydrogen-bond acceptors (Lipinski definition) is 6. The molecule has 0 radical (unpaired) electrons. The Morgan fingerprint density at radius 3 is 1.22 bits per heavy atom. The molecule has 0 aliphatic rings. The molecule has 0 aromatic heterocycles. The van der Waals surface area contributed by atoms with Crippen molar-refractivity contribution < 1.29 is 28.6 Å². The molecule has 310 valence electrons. The van der Waals surface area contributed by atoms with Gasteiger partial charge in [-0.2, -0.15) is 0 Å². The first kappa shape index (κ1) is 51.1. The van der Waals surface area contributed by atoms with E-state index < -0.39 is 6.10 Å². The van der Waals surface area contributed by atoms with Crippen LogP contribution in [-0.2, 0) is 28.6 Å². The van der Waals surface area contributed by atoms with Gasteiger partial charge in [0.25, 0.3) is 0 Å². The van der Waals surface area contributed by atoms with Gasteiger partial charge >= 0.3 is 17.9 Å². The van der Waals surface area contributed by atoms with E-state index >= 15 is 0 Å². The van der Waals surface area contributed by atoms with Crippen LogP contribution in [0.1, 0.15) is 207 Å². The summed E-state index contributed by atoms with van der Waals surface area (Å²) in [6.45, 7) is 6.41. The van der Waals surface area contributed by atoms with Crippen LogP contribution in [0, 0.1) is 0 Å². The average molecular weight is 755 g/mol. The summed E-state index contributed by atoms with van der Waals surface area (Å²) in [4.78, 5) is 37.6. The Morgan fingerprint density at radius 1 is 0.389 bits per heavy atom. The maximum atomic E-state index is 12.7. The fourth-order valence-electron chi connectivity index (χ4n) is 5.90. The summed E-state index contributed by atoms with van der Waals surface area (Å²) in [5.74, 6) is -0.950. The zero-order chi connectivity index (χ0) is 39.4. The molecule has 6 nitrogen and oxygen atoms in total. The normalized spacial score (nSPS) is 12.6. The molecule has 0 saturated carbocycles. The highest BCUT2D eigenvalue weighted by atomic mass is 16.6. The van der Waals surface area contributed by atoms with Crippen molar-refractivity contribution in [3.05, 3.63) is 60.8 Å². The Labute approximate surface area is 332 Å². The summed E-state index contributed by atoms with van der Waals surface area (Å²) >= 11 is 0. The molecule has 0 spiro atoms. The van der Waals surface area contributed by atoms with Crippen LogP contribution in [0.4, 0.5) is 0 Å². The van der Waals surface area contributed by atoms with Crippen LogP contribution >= 0.6 is 0 Å². The molecular formula is C48H82O6. The van der Waals surface area contributed by atoms with Crippen LogP contribution in [0.2, 0.25) is 0 Å². The minimum absolute atomic E-state index is 0.0902. The van der Waals surface area contributed by atoms with E-state index in [0.717, 1.165) is 96.3 Å². The van der Waals surface area contributed by atoms with E-state index in [4.69, 9.17) is 14.2 Å². The molecule has 0 amide bonds. The van der Waals surface area contributed by atoms with Crippen molar-refractivity contribution in [1.82, 2.24) is 0 Å². The molecule has 0 heterocycles. The van der Waals surface area contributed by atoms with Crippen LogP contribution in [0.25, 0.3) is 0 Å². The number of unbranched alkanes of at least 4 members (excludes halogenated alkanes) is 18. The van der Waals surface area contributed by atoms with Gasteiger partial charge < -0.3 is 14.2 Å². The van der Waals surface area contributed by atoms with Gasteiger partial charge in [-0.3, -0.25) is 14.4 Å². The first-order valence-electron chi connectivity index (χ1n) is 22.3. The Morgan fingerprint density at radius 2 is 0.722 bits per heavy atom. The topological polar surface area (TPSA) is 78.9 Å². The third kappa shape index (κ3) is 40.3. The largest absolute Gasteiger partial charge is 0.462 e. The Kier molecular flexibility index (Phi) is 40.6. The zero-order valence-electron chi connectivity index (χ0n) is 35.2. The van der Waals surface area contributed by atoms with Crippen molar-refractivity contribution in [2.45, 2.75) is 213 Å². The SMILES string of the molecule is CC/C=C\C/C=C\C/C=C\C/C=C\CCCCC(=O)OCC(COC(=O)CCCCCCCCCCC)OC(=O)CCCCCCC/C=C\CCCCC. The predicted molar refractivity (Wildman–Crippen MR) is 228 cm³/mol. The van der Waals surface area contributed by atoms with Crippen LogP contribution in [-0.4, -0.2) is 37.2 Å². The van der Waals surface area contributed by atoms with Gasteiger partial charge in [-0.05, 0) is 83.5 Å². The summed E-state index contributed by atoms with van der Waals surface area (Å²) < 4.78 is 16.6. The van der Waals surface area contributed by atoms with E-state index in [9.17, 15) is 14.4 Å². The summed E-state index contributed by atoms with van der Waals surface area (Å²) in [5.41, 5.74) is 0. The summed E-state index contributed by atoms with van der Waals surface area (Å²) in [5, 5.41) is 0. The molecule has 6 heteroatoms. The summed E-state index contributed by atoms with van der Waals surface area (Å²) in [6.07, 6.45) is 50.6. The van der Waals surface area contributed by atoms with Gasteiger partial charge in [-0.1, -0.05) is 165 Å².